The Kier molecular flexibility index (Phi) is 6.66. The van der Waals surface area contributed by atoms with Crippen molar-refractivity contribution in [2.24, 2.45) is 0 Å². The average Bonchev–Trinajstić information content (AvgIpc) is 2.71. The first-order valence-electron chi connectivity index (χ1n) is 9.77. The highest BCUT2D eigenvalue weighted by molar-refractivity contribution is 5.86. The first-order chi connectivity index (χ1) is 13.5. The fourth-order valence-corrected chi connectivity index (χ4v) is 3.49. The molecule has 0 saturated heterocycles. The number of amides is 2. The van der Waals surface area contributed by atoms with Crippen LogP contribution >= 0.6 is 0 Å². The number of urea groups is 1. The van der Waals surface area contributed by atoms with Crippen LogP contribution < -0.4 is 10.6 Å². The van der Waals surface area contributed by atoms with Crippen molar-refractivity contribution in [3.8, 4) is 0 Å². The number of hydrogen-bond donors (Lipinski definition) is 2. The summed E-state index contributed by atoms with van der Waals surface area (Å²) in [4.78, 5) is 14.7. The van der Waals surface area contributed by atoms with Crippen LogP contribution in [0.25, 0.3) is 10.8 Å². The van der Waals surface area contributed by atoms with E-state index in [1.165, 1.54) is 16.3 Å². The molecule has 4 heteroatoms. The minimum Gasteiger partial charge on any atom is -0.337 e. The molecule has 0 spiro atoms. The van der Waals surface area contributed by atoms with E-state index in [4.69, 9.17) is 0 Å². The highest BCUT2D eigenvalue weighted by Crippen LogP contribution is 2.23. The highest BCUT2D eigenvalue weighted by Gasteiger charge is 2.16. The third kappa shape index (κ3) is 5.11. The lowest BCUT2D eigenvalue weighted by molar-refractivity contribution is 0.229. The molecule has 4 nitrogen and oxygen atoms in total. The zero-order chi connectivity index (χ0) is 19.9. The van der Waals surface area contributed by atoms with E-state index in [1.807, 2.05) is 57.4 Å². The maximum Gasteiger partial charge on any atom is 0.315 e. The predicted octanol–water partition coefficient (Wildman–Crippen LogP) is 4.37. The Hall–Kier alpha value is -2.85. The Morgan fingerprint density at radius 3 is 2.36 bits per heavy atom. The molecule has 2 amide bonds. The first-order valence-corrected chi connectivity index (χ1v) is 9.77. The second kappa shape index (κ2) is 9.38. The molecule has 28 heavy (non-hydrogen) atoms. The third-order valence-electron chi connectivity index (χ3n) is 5.18. The quantitative estimate of drug-likeness (QED) is 0.644. The van der Waals surface area contributed by atoms with E-state index in [0.29, 0.717) is 6.54 Å². The van der Waals surface area contributed by atoms with E-state index >= 15 is 0 Å². The van der Waals surface area contributed by atoms with E-state index in [2.05, 4.69) is 51.9 Å². The van der Waals surface area contributed by atoms with Gasteiger partial charge in [0.25, 0.3) is 0 Å². The highest BCUT2D eigenvalue weighted by atomic mass is 16.2. The minimum absolute atomic E-state index is 0.0713. The van der Waals surface area contributed by atoms with Crippen LogP contribution in [0.4, 0.5) is 4.79 Å². The normalized spacial score (nSPS) is 13.3. The molecule has 3 rings (SSSR count). The van der Waals surface area contributed by atoms with Crippen molar-refractivity contribution < 1.29 is 4.79 Å². The van der Waals surface area contributed by atoms with Crippen LogP contribution in [-0.2, 0) is 6.42 Å². The number of fused-ring (bicyclic) bond motifs is 1. The standard InChI is InChI=1S/C24H29N3O/c1-18(22-15-9-13-20-12-7-8-14-23(20)22)26-24(28)25-17-21(27(2)3)16-19-10-5-4-6-11-19/h4-15,18,21H,16-17H2,1-3H3,(H2,25,26,28). The lowest BCUT2D eigenvalue weighted by atomic mass is 10.00. The minimum atomic E-state index is -0.139. The van der Waals surface area contributed by atoms with Gasteiger partial charge in [0, 0.05) is 12.6 Å². The topological polar surface area (TPSA) is 44.4 Å². The summed E-state index contributed by atoms with van der Waals surface area (Å²) in [6.45, 7) is 2.62. The molecule has 2 N–H and O–H groups in total. The van der Waals surface area contributed by atoms with Crippen molar-refractivity contribution in [1.82, 2.24) is 15.5 Å². The van der Waals surface area contributed by atoms with E-state index < -0.39 is 0 Å². The van der Waals surface area contributed by atoms with Gasteiger partial charge in [-0.2, -0.15) is 0 Å². The van der Waals surface area contributed by atoms with E-state index in [-0.39, 0.29) is 18.1 Å². The molecule has 2 atom stereocenters. The number of carbonyl (C=O) groups excluding carboxylic acids is 1. The maximum atomic E-state index is 12.5. The second-order valence-corrected chi connectivity index (χ2v) is 7.45. The number of nitrogens with one attached hydrogen (secondary N) is 2. The SMILES string of the molecule is CC(NC(=O)NCC(Cc1ccccc1)N(C)C)c1cccc2ccccc12. The largest absolute Gasteiger partial charge is 0.337 e. The number of rotatable bonds is 7. The van der Waals surface area contributed by atoms with Gasteiger partial charge in [0.1, 0.15) is 0 Å². The van der Waals surface area contributed by atoms with Crippen LogP contribution in [-0.4, -0.2) is 37.6 Å². The van der Waals surface area contributed by atoms with Crippen LogP contribution in [0.3, 0.4) is 0 Å². The summed E-state index contributed by atoms with van der Waals surface area (Å²) < 4.78 is 0. The van der Waals surface area contributed by atoms with Gasteiger partial charge >= 0.3 is 6.03 Å². The molecule has 0 aliphatic heterocycles. The predicted molar refractivity (Wildman–Crippen MR) is 117 cm³/mol. The fraction of sp³-hybridized carbons (Fsp3) is 0.292. The first kappa shape index (κ1) is 19.9. The molecule has 146 valence electrons. The van der Waals surface area contributed by atoms with Crippen molar-refractivity contribution in [2.75, 3.05) is 20.6 Å². The Morgan fingerprint density at radius 1 is 0.929 bits per heavy atom. The molecule has 0 fully saturated rings. The van der Waals surface area contributed by atoms with Crippen molar-refractivity contribution in [3.05, 3.63) is 83.9 Å². The van der Waals surface area contributed by atoms with Gasteiger partial charge in [-0.15, -0.1) is 0 Å². The fourth-order valence-electron chi connectivity index (χ4n) is 3.49. The number of nitrogens with zero attached hydrogens (tertiary/aromatic N) is 1. The van der Waals surface area contributed by atoms with Gasteiger partial charge in [-0.3, -0.25) is 0 Å². The van der Waals surface area contributed by atoms with Gasteiger partial charge in [0.05, 0.1) is 6.04 Å². The summed E-state index contributed by atoms with van der Waals surface area (Å²) in [5.41, 5.74) is 2.40. The lowest BCUT2D eigenvalue weighted by Crippen LogP contribution is -2.45. The molecule has 3 aromatic rings. The molecule has 0 aliphatic carbocycles. The average molecular weight is 376 g/mol. The van der Waals surface area contributed by atoms with E-state index in [0.717, 1.165) is 12.0 Å². The van der Waals surface area contributed by atoms with Gasteiger partial charge in [0.2, 0.25) is 0 Å². The number of carbonyl (C=O) groups is 1. The third-order valence-corrected chi connectivity index (χ3v) is 5.18. The Morgan fingerprint density at radius 2 is 1.61 bits per heavy atom. The molecule has 0 saturated carbocycles. The van der Waals surface area contributed by atoms with E-state index in [9.17, 15) is 4.79 Å². The summed E-state index contributed by atoms with van der Waals surface area (Å²) in [6, 6.07) is 24.9. The van der Waals surface area contributed by atoms with Crippen molar-refractivity contribution >= 4 is 16.8 Å². The Bertz CT molecular complexity index is 903. The number of hydrogen-bond acceptors (Lipinski definition) is 2. The van der Waals surface area contributed by atoms with Crippen LogP contribution in [0.5, 0.6) is 0 Å². The summed E-state index contributed by atoms with van der Waals surface area (Å²) in [5.74, 6) is 0. The zero-order valence-electron chi connectivity index (χ0n) is 16.9. The summed E-state index contributed by atoms with van der Waals surface area (Å²) in [6.07, 6.45) is 0.896. The van der Waals surface area contributed by atoms with E-state index in [1.54, 1.807) is 0 Å². The molecule has 0 radical (unpaired) electrons. The molecule has 0 aliphatic rings. The Labute approximate surface area is 167 Å². The van der Waals surface area contributed by atoms with Crippen LogP contribution in [0.15, 0.2) is 72.8 Å². The molecule has 0 heterocycles. The molecule has 0 bridgehead atoms. The van der Waals surface area contributed by atoms with Gasteiger partial charge < -0.3 is 15.5 Å². The van der Waals surface area contributed by atoms with Gasteiger partial charge in [-0.1, -0.05) is 72.8 Å². The van der Waals surface area contributed by atoms with Crippen LogP contribution in [0.2, 0.25) is 0 Å². The Balaban J connectivity index is 1.59. The molecule has 2 unspecified atom stereocenters. The summed E-state index contributed by atoms with van der Waals surface area (Å²) in [7, 11) is 4.10. The van der Waals surface area contributed by atoms with Gasteiger partial charge in [0.15, 0.2) is 0 Å². The smallest absolute Gasteiger partial charge is 0.315 e. The number of benzene rings is 3. The summed E-state index contributed by atoms with van der Waals surface area (Å²) in [5, 5.41) is 8.48. The number of likely N-dealkylation sites (N-methyl/N-ethyl adjacent to an activating group) is 1. The lowest BCUT2D eigenvalue weighted by Gasteiger charge is -2.25. The summed E-state index contributed by atoms with van der Waals surface area (Å²) >= 11 is 0. The van der Waals surface area contributed by atoms with Crippen LogP contribution in [0, 0.1) is 0 Å². The van der Waals surface area contributed by atoms with Gasteiger partial charge in [-0.05, 0) is 49.3 Å². The molecular weight excluding hydrogens is 346 g/mol. The van der Waals surface area contributed by atoms with Crippen molar-refractivity contribution in [3.63, 3.8) is 0 Å². The molecular formula is C24H29N3O. The van der Waals surface area contributed by atoms with Crippen molar-refractivity contribution in [2.45, 2.75) is 25.4 Å². The maximum absolute atomic E-state index is 12.5. The van der Waals surface area contributed by atoms with Crippen LogP contribution in [0.1, 0.15) is 24.1 Å². The van der Waals surface area contributed by atoms with Crippen molar-refractivity contribution in [1.29, 1.82) is 0 Å². The van der Waals surface area contributed by atoms with Gasteiger partial charge in [-0.25, -0.2) is 4.79 Å². The molecule has 3 aromatic carbocycles. The molecule has 0 aromatic heterocycles. The zero-order valence-corrected chi connectivity index (χ0v) is 16.9. The second-order valence-electron chi connectivity index (χ2n) is 7.45. The monoisotopic (exact) mass is 375 g/mol.